The highest BCUT2D eigenvalue weighted by atomic mass is 16.6. The van der Waals surface area contributed by atoms with Crippen molar-refractivity contribution < 1.29 is 33.3 Å². The molecule has 0 spiro atoms. The maximum atomic E-state index is 13.5. The van der Waals surface area contributed by atoms with Gasteiger partial charge in [-0.15, -0.1) is 5.10 Å². The zero-order valence-electron chi connectivity index (χ0n) is 25.4. The fraction of sp³-hybridized carbons (Fsp3) is 0.581. The summed E-state index contributed by atoms with van der Waals surface area (Å²) in [6, 6.07) is 5.06. The van der Waals surface area contributed by atoms with E-state index in [0.29, 0.717) is 12.0 Å². The summed E-state index contributed by atoms with van der Waals surface area (Å²) in [4.78, 5) is 42.9. The number of ether oxygens (including phenoxy) is 3. The van der Waals surface area contributed by atoms with Crippen LogP contribution in [0.3, 0.4) is 0 Å². The third-order valence-electron chi connectivity index (χ3n) is 10.6. The number of aromatic nitrogens is 5. The minimum atomic E-state index is -1.29. The minimum absolute atomic E-state index is 0.0288. The predicted octanol–water partition coefficient (Wildman–Crippen LogP) is 3.13. The van der Waals surface area contributed by atoms with Crippen LogP contribution in [0.15, 0.2) is 46.1 Å². The monoisotopic (exact) mass is 607 g/mol. The highest BCUT2D eigenvalue weighted by molar-refractivity contribution is 5.69. The van der Waals surface area contributed by atoms with Crippen LogP contribution in [-0.2, 0) is 25.6 Å². The molecule has 2 aliphatic carbocycles. The number of fused-ring (bicyclic) bond motifs is 4. The Morgan fingerprint density at radius 2 is 2.05 bits per heavy atom. The lowest BCUT2D eigenvalue weighted by Gasteiger charge is -2.66. The summed E-state index contributed by atoms with van der Waals surface area (Å²) in [5.74, 6) is -1.25. The molecule has 0 saturated heterocycles. The molecule has 2 saturated carbocycles. The molecule has 0 aromatic carbocycles. The van der Waals surface area contributed by atoms with Crippen LogP contribution >= 0.6 is 0 Å². The second-order valence-corrected chi connectivity index (χ2v) is 13.1. The summed E-state index contributed by atoms with van der Waals surface area (Å²) < 4.78 is 25.5. The van der Waals surface area contributed by atoms with E-state index in [0.717, 1.165) is 12.8 Å². The molecular weight excluding hydrogens is 570 g/mol. The lowest BCUT2D eigenvalue weighted by Crippen LogP contribution is -2.70. The van der Waals surface area contributed by atoms with Crippen LogP contribution in [0.1, 0.15) is 65.5 Å². The highest BCUT2D eigenvalue weighted by Crippen LogP contribution is 2.68. The van der Waals surface area contributed by atoms with Gasteiger partial charge in [0, 0.05) is 42.3 Å². The van der Waals surface area contributed by atoms with Crippen molar-refractivity contribution in [3.05, 3.63) is 52.9 Å². The van der Waals surface area contributed by atoms with E-state index in [1.807, 2.05) is 6.92 Å². The Bertz CT molecular complexity index is 1610. The number of pyridine rings is 1. The van der Waals surface area contributed by atoms with Gasteiger partial charge in [-0.3, -0.25) is 14.6 Å². The molecule has 1 aliphatic heterocycles. The fourth-order valence-electron chi connectivity index (χ4n) is 8.28. The van der Waals surface area contributed by atoms with E-state index in [4.69, 9.17) is 18.6 Å². The van der Waals surface area contributed by atoms with Crippen LogP contribution in [0.2, 0.25) is 0 Å². The second kappa shape index (κ2) is 10.8. The molecule has 6 rings (SSSR count). The molecule has 2 fully saturated rings. The Balaban J connectivity index is 1.47. The molecular formula is C31H37N5O8. The van der Waals surface area contributed by atoms with Crippen LogP contribution in [0.4, 0.5) is 0 Å². The van der Waals surface area contributed by atoms with Gasteiger partial charge < -0.3 is 23.7 Å². The molecule has 1 N–H and O–H groups in total. The summed E-state index contributed by atoms with van der Waals surface area (Å²) in [5.41, 5.74) is -2.46. The quantitative estimate of drug-likeness (QED) is 0.407. The summed E-state index contributed by atoms with van der Waals surface area (Å²) in [6.07, 6.45) is 4.27. The molecule has 3 aromatic heterocycles. The van der Waals surface area contributed by atoms with Crippen molar-refractivity contribution in [2.45, 2.75) is 78.2 Å². The number of tetrazole rings is 1. The molecule has 8 atom stereocenters. The van der Waals surface area contributed by atoms with Crippen LogP contribution in [0.5, 0.6) is 5.75 Å². The Hall–Kier alpha value is -4.13. The van der Waals surface area contributed by atoms with E-state index in [-0.39, 0.29) is 48.0 Å². The predicted molar refractivity (Wildman–Crippen MR) is 153 cm³/mol. The van der Waals surface area contributed by atoms with Gasteiger partial charge in [0.15, 0.2) is 0 Å². The maximum Gasteiger partial charge on any atom is 0.345 e. The summed E-state index contributed by atoms with van der Waals surface area (Å²) >= 11 is 0. The third-order valence-corrected chi connectivity index (χ3v) is 10.6. The number of hydrogen-bond acceptors (Lipinski definition) is 12. The van der Waals surface area contributed by atoms with Gasteiger partial charge in [0.2, 0.25) is 0 Å². The summed E-state index contributed by atoms with van der Waals surface area (Å²) in [5, 5.41) is 23.1. The lowest BCUT2D eigenvalue weighted by molar-refractivity contribution is -0.263. The molecule has 4 heterocycles. The van der Waals surface area contributed by atoms with Crippen LogP contribution in [0.25, 0.3) is 11.3 Å². The minimum Gasteiger partial charge on any atom is -0.482 e. The number of nitrogens with zero attached hydrogens (tertiary/aromatic N) is 5. The van der Waals surface area contributed by atoms with Gasteiger partial charge in [-0.25, -0.2) is 9.48 Å². The van der Waals surface area contributed by atoms with E-state index in [1.165, 1.54) is 17.9 Å². The van der Waals surface area contributed by atoms with Crippen molar-refractivity contribution in [3.8, 4) is 17.1 Å². The van der Waals surface area contributed by atoms with E-state index in [2.05, 4.69) is 41.3 Å². The number of carbonyl (C=O) groups is 2. The van der Waals surface area contributed by atoms with E-state index in [9.17, 15) is 19.5 Å². The van der Waals surface area contributed by atoms with Gasteiger partial charge in [0.1, 0.15) is 41.7 Å². The zero-order valence-corrected chi connectivity index (χ0v) is 25.4. The van der Waals surface area contributed by atoms with E-state index in [1.54, 1.807) is 30.6 Å². The van der Waals surface area contributed by atoms with Gasteiger partial charge in [0.25, 0.3) is 0 Å². The third kappa shape index (κ3) is 4.77. The average Bonchev–Trinajstić information content (AvgIpc) is 3.48. The Labute approximate surface area is 253 Å². The molecule has 13 nitrogen and oxygen atoms in total. The Morgan fingerprint density at radius 1 is 1.25 bits per heavy atom. The maximum absolute atomic E-state index is 13.5. The van der Waals surface area contributed by atoms with Crippen molar-refractivity contribution >= 4 is 11.9 Å². The van der Waals surface area contributed by atoms with Crippen LogP contribution in [-0.4, -0.2) is 60.5 Å². The molecule has 0 amide bonds. The number of aliphatic hydroxyl groups is 1. The van der Waals surface area contributed by atoms with Crippen molar-refractivity contribution in [3.63, 3.8) is 0 Å². The number of hydrogen-bond donors (Lipinski definition) is 1. The topological polar surface area (TPSA) is 169 Å². The van der Waals surface area contributed by atoms with E-state index < -0.39 is 46.2 Å². The van der Waals surface area contributed by atoms with Crippen LogP contribution in [0, 0.1) is 28.6 Å². The molecule has 3 aliphatic rings. The smallest absolute Gasteiger partial charge is 0.345 e. The number of aliphatic hydroxyl groups excluding tert-OH is 1. The lowest BCUT2D eigenvalue weighted by atomic mass is 9.41. The molecule has 0 radical (unpaired) electrons. The van der Waals surface area contributed by atoms with Gasteiger partial charge in [0.05, 0.1) is 12.7 Å². The molecule has 13 heteroatoms. The molecule has 3 aromatic rings. The molecule has 0 bridgehead atoms. The fourth-order valence-corrected chi connectivity index (χ4v) is 8.28. The number of rotatable bonds is 6. The van der Waals surface area contributed by atoms with E-state index >= 15 is 0 Å². The van der Waals surface area contributed by atoms with Gasteiger partial charge in [-0.2, -0.15) is 0 Å². The number of carbonyl (C=O) groups excluding carboxylic acids is 2. The first kappa shape index (κ1) is 29.9. The number of esters is 2. The average molecular weight is 608 g/mol. The molecule has 234 valence electrons. The normalized spacial score (nSPS) is 34.1. The highest BCUT2D eigenvalue weighted by Gasteiger charge is 2.70. The van der Waals surface area contributed by atoms with Gasteiger partial charge >= 0.3 is 17.6 Å². The molecule has 44 heavy (non-hydrogen) atoms. The largest absolute Gasteiger partial charge is 0.482 e. The Kier molecular flexibility index (Phi) is 7.34. The standard InChI is InChI=1S/C31H37N5O8/c1-17-8-9-29(3)22(30(17,4)15-41-18(2)37)12-23(43-24(38)14-36-16-33-34-35-36)31(5)27(29)26(39)25-21(44-31)11-20(42-28(25)40)19-7-6-10-32-13-19/h6-7,10-11,13,16-17,22-23,26-27,39H,8-9,12,14-15H2,1-5H3/t17-,22?,23-,26-,27?,29-,30+,31+/m0/s1. The summed E-state index contributed by atoms with van der Waals surface area (Å²) in [7, 11) is 0. The van der Waals surface area contributed by atoms with Crippen LogP contribution < -0.4 is 10.4 Å². The molecule has 2 unspecified atom stereocenters. The first-order valence-corrected chi connectivity index (χ1v) is 14.9. The first-order valence-electron chi connectivity index (χ1n) is 14.9. The van der Waals surface area contributed by atoms with Gasteiger partial charge in [-0.05, 0) is 66.0 Å². The van der Waals surface area contributed by atoms with Crippen molar-refractivity contribution in [1.29, 1.82) is 0 Å². The van der Waals surface area contributed by atoms with Crippen molar-refractivity contribution in [2.24, 2.45) is 28.6 Å². The first-order chi connectivity index (χ1) is 20.9. The van der Waals surface area contributed by atoms with Crippen molar-refractivity contribution in [1.82, 2.24) is 25.2 Å². The summed E-state index contributed by atoms with van der Waals surface area (Å²) in [6.45, 7) is 9.48. The SMILES string of the molecule is CC(=O)OC[C@@]1(C)C2C[C@H](OC(=O)Cn3cnnn3)[C@@]3(C)Oc4cc(-c5cccnc5)oc(=O)c4[C@H](O)C3[C@@]2(C)CC[C@@H]1C. The Morgan fingerprint density at radius 3 is 2.73 bits per heavy atom. The second-order valence-electron chi connectivity index (χ2n) is 13.1. The van der Waals surface area contributed by atoms with Gasteiger partial charge in [-0.1, -0.05) is 20.8 Å². The van der Waals surface area contributed by atoms with Crippen molar-refractivity contribution in [2.75, 3.05) is 6.61 Å². The zero-order chi connectivity index (χ0) is 31.4.